The van der Waals surface area contributed by atoms with Gasteiger partial charge in [0.1, 0.15) is 12.4 Å². The van der Waals surface area contributed by atoms with Crippen molar-refractivity contribution in [2.45, 2.75) is 16.7 Å². The number of halogens is 5. The Morgan fingerprint density at radius 2 is 1.56 bits per heavy atom. The Bertz CT molecular complexity index is 877. The molecule has 9 heteroatoms. The van der Waals surface area contributed by atoms with E-state index in [2.05, 4.69) is 4.98 Å². The number of benzene rings is 2. The third-order valence-electron chi connectivity index (χ3n) is 3.61. The molecule has 1 aromatic heterocycles. The van der Waals surface area contributed by atoms with Crippen LogP contribution < -0.4 is 4.74 Å². The molecule has 0 aliphatic carbocycles. The average molecular weight is 483 g/mol. The Hall–Kier alpha value is -0.750. The van der Waals surface area contributed by atoms with Crippen LogP contribution in [0, 0.1) is 0 Å². The molecule has 1 unspecified atom stereocenters. The number of para-hydroxylation sites is 1. The van der Waals surface area contributed by atoms with Crippen LogP contribution in [0.5, 0.6) is 5.75 Å². The molecule has 142 valence electrons. The van der Waals surface area contributed by atoms with Crippen LogP contribution in [0.2, 0.25) is 25.1 Å². The van der Waals surface area contributed by atoms with Gasteiger partial charge in [-0.3, -0.25) is 0 Å². The summed E-state index contributed by atoms with van der Waals surface area (Å²) in [6, 6.07) is 9.56. The topological polar surface area (TPSA) is 27.1 Å². The second-order valence-corrected chi connectivity index (χ2v) is 8.72. The number of rotatable bonds is 7. The fourth-order valence-corrected chi connectivity index (χ4v) is 4.96. The Labute approximate surface area is 186 Å². The van der Waals surface area contributed by atoms with Gasteiger partial charge in [-0.2, -0.15) is 0 Å². The molecule has 2 aromatic carbocycles. The molecule has 27 heavy (non-hydrogen) atoms. The Balaban J connectivity index is 1.85. The molecule has 3 nitrogen and oxygen atoms in total. The van der Waals surface area contributed by atoms with Gasteiger partial charge in [-0.05, 0) is 12.1 Å². The molecular weight excluding hydrogens is 470 g/mol. The molecule has 0 fully saturated rings. The van der Waals surface area contributed by atoms with Crippen LogP contribution in [-0.4, -0.2) is 21.4 Å². The zero-order valence-corrected chi connectivity index (χ0v) is 18.3. The zero-order chi connectivity index (χ0) is 19.4. The van der Waals surface area contributed by atoms with Crippen molar-refractivity contribution in [1.29, 1.82) is 0 Å². The molecule has 0 spiro atoms. The predicted molar refractivity (Wildman–Crippen MR) is 115 cm³/mol. The molecule has 3 rings (SSSR count). The lowest BCUT2D eigenvalue weighted by Gasteiger charge is -2.20. The van der Waals surface area contributed by atoms with Crippen LogP contribution in [0.4, 0.5) is 0 Å². The fourth-order valence-electron chi connectivity index (χ4n) is 2.31. The molecule has 0 aliphatic rings. The first-order chi connectivity index (χ1) is 13.0. The number of imidazole rings is 1. The average Bonchev–Trinajstić information content (AvgIpc) is 3.20. The number of hydrogen-bond acceptors (Lipinski definition) is 3. The first-order valence-electron chi connectivity index (χ1n) is 7.79. The van der Waals surface area contributed by atoms with Gasteiger partial charge in [-0.25, -0.2) is 4.98 Å². The highest BCUT2D eigenvalue weighted by Gasteiger charge is 2.23. The summed E-state index contributed by atoms with van der Waals surface area (Å²) in [4.78, 5) is 4.65. The standard InChI is InChI=1S/C18H13Cl5N2OS/c19-13-14(20)16(22)18(17(23)15(13)21)27-12(8-25-7-6-24-10-25)9-26-11-4-2-1-3-5-11/h1-7,10,12H,8-9H2. The summed E-state index contributed by atoms with van der Waals surface area (Å²) in [5.41, 5.74) is 0. The first-order valence-corrected chi connectivity index (χ1v) is 10.6. The molecule has 0 bridgehead atoms. The lowest BCUT2D eigenvalue weighted by Crippen LogP contribution is -2.20. The lowest BCUT2D eigenvalue weighted by atomic mass is 10.3. The number of hydrogen-bond donors (Lipinski definition) is 0. The summed E-state index contributed by atoms with van der Waals surface area (Å²) in [5.74, 6) is 0.776. The van der Waals surface area contributed by atoms with E-state index in [4.69, 9.17) is 62.7 Å². The number of thioether (sulfide) groups is 1. The van der Waals surface area contributed by atoms with Crippen molar-refractivity contribution in [2.24, 2.45) is 0 Å². The van der Waals surface area contributed by atoms with Gasteiger partial charge in [0.15, 0.2) is 0 Å². The predicted octanol–water partition coefficient (Wildman–Crippen LogP) is 7.39. The maximum absolute atomic E-state index is 6.38. The Kier molecular flexibility index (Phi) is 7.49. The molecule has 1 heterocycles. The summed E-state index contributed by atoms with van der Waals surface area (Å²) in [5, 5.41) is 1.01. The molecule has 0 N–H and O–H groups in total. The maximum atomic E-state index is 6.38. The maximum Gasteiger partial charge on any atom is 0.119 e. The Morgan fingerprint density at radius 3 is 2.15 bits per heavy atom. The summed E-state index contributed by atoms with van der Waals surface area (Å²) < 4.78 is 7.87. The molecule has 0 aliphatic heterocycles. The molecule has 0 amide bonds. The van der Waals surface area contributed by atoms with Crippen LogP contribution in [0.15, 0.2) is 53.9 Å². The van der Waals surface area contributed by atoms with Crippen molar-refractivity contribution >= 4 is 69.8 Å². The van der Waals surface area contributed by atoms with Gasteiger partial charge in [0, 0.05) is 23.8 Å². The highest BCUT2D eigenvalue weighted by atomic mass is 35.5. The molecule has 1 atom stereocenters. The van der Waals surface area contributed by atoms with Crippen molar-refractivity contribution in [3.63, 3.8) is 0 Å². The highest BCUT2D eigenvalue weighted by Crippen LogP contribution is 2.48. The van der Waals surface area contributed by atoms with E-state index >= 15 is 0 Å². The minimum atomic E-state index is -0.0392. The lowest BCUT2D eigenvalue weighted by molar-refractivity contribution is 0.308. The van der Waals surface area contributed by atoms with Crippen molar-refractivity contribution < 1.29 is 4.74 Å². The van der Waals surface area contributed by atoms with Gasteiger partial charge in [0.25, 0.3) is 0 Å². The largest absolute Gasteiger partial charge is 0.492 e. The molecule has 0 saturated heterocycles. The van der Waals surface area contributed by atoms with Crippen LogP contribution in [0.1, 0.15) is 0 Å². The summed E-state index contributed by atoms with van der Waals surface area (Å²) >= 11 is 32.6. The smallest absolute Gasteiger partial charge is 0.119 e. The fraction of sp³-hybridized carbons (Fsp3) is 0.167. The SMILES string of the molecule is Clc1c(Cl)c(Cl)c(SC(COc2ccccc2)Cn2ccnc2)c(Cl)c1Cl. The van der Waals surface area contributed by atoms with Crippen LogP contribution in [-0.2, 0) is 6.54 Å². The van der Waals surface area contributed by atoms with Crippen molar-refractivity contribution in [2.75, 3.05) is 6.61 Å². The van der Waals surface area contributed by atoms with E-state index in [1.54, 1.807) is 12.5 Å². The second kappa shape index (κ2) is 9.64. The monoisotopic (exact) mass is 480 g/mol. The van der Waals surface area contributed by atoms with E-state index in [0.29, 0.717) is 18.0 Å². The van der Waals surface area contributed by atoms with E-state index in [1.807, 2.05) is 41.1 Å². The number of ether oxygens (including phenoxy) is 1. The van der Waals surface area contributed by atoms with Gasteiger partial charge in [-0.1, -0.05) is 76.2 Å². The molecule has 0 radical (unpaired) electrons. The normalized spacial score (nSPS) is 12.2. The molecule has 0 saturated carbocycles. The minimum absolute atomic E-state index is 0.0392. The third-order valence-corrected chi connectivity index (χ3v) is 7.37. The first kappa shape index (κ1) is 21.0. The summed E-state index contributed by atoms with van der Waals surface area (Å²) in [6.07, 6.45) is 5.33. The van der Waals surface area contributed by atoms with Crippen molar-refractivity contribution in [3.8, 4) is 5.75 Å². The van der Waals surface area contributed by atoms with Crippen molar-refractivity contribution in [1.82, 2.24) is 9.55 Å². The van der Waals surface area contributed by atoms with Gasteiger partial charge < -0.3 is 9.30 Å². The zero-order valence-electron chi connectivity index (χ0n) is 13.7. The number of nitrogens with zero attached hydrogens (tertiary/aromatic N) is 2. The van der Waals surface area contributed by atoms with E-state index in [9.17, 15) is 0 Å². The van der Waals surface area contributed by atoms with Gasteiger partial charge >= 0.3 is 0 Å². The highest BCUT2D eigenvalue weighted by molar-refractivity contribution is 8.00. The number of aromatic nitrogens is 2. The van der Waals surface area contributed by atoms with Crippen LogP contribution >= 0.6 is 69.8 Å². The second-order valence-electron chi connectivity index (χ2n) is 5.52. The minimum Gasteiger partial charge on any atom is -0.492 e. The van der Waals surface area contributed by atoms with Crippen LogP contribution in [0.25, 0.3) is 0 Å². The summed E-state index contributed by atoms with van der Waals surface area (Å²) in [6.45, 7) is 1.04. The van der Waals surface area contributed by atoms with Gasteiger partial charge in [0.05, 0.1) is 36.7 Å². The summed E-state index contributed by atoms with van der Waals surface area (Å²) in [7, 11) is 0. The van der Waals surface area contributed by atoms with Crippen LogP contribution in [0.3, 0.4) is 0 Å². The molecule has 3 aromatic rings. The van der Waals surface area contributed by atoms with E-state index < -0.39 is 0 Å². The van der Waals surface area contributed by atoms with Gasteiger partial charge in [0.2, 0.25) is 0 Å². The third kappa shape index (κ3) is 5.20. The Morgan fingerprint density at radius 1 is 0.926 bits per heavy atom. The molecular formula is C18H13Cl5N2OS. The van der Waals surface area contributed by atoms with E-state index in [0.717, 1.165) is 5.75 Å². The van der Waals surface area contributed by atoms with Gasteiger partial charge in [-0.15, -0.1) is 11.8 Å². The quantitative estimate of drug-likeness (QED) is 0.200. The van der Waals surface area contributed by atoms with E-state index in [1.165, 1.54) is 11.8 Å². The van der Waals surface area contributed by atoms with Crippen molar-refractivity contribution in [3.05, 3.63) is 74.2 Å². The van der Waals surface area contributed by atoms with E-state index in [-0.39, 0.29) is 30.4 Å².